The summed E-state index contributed by atoms with van der Waals surface area (Å²) in [6.45, 7) is 4.24. The molecule has 1 aromatic heterocycles. The highest BCUT2D eigenvalue weighted by molar-refractivity contribution is 6.30. The van der Waals surface area contributed by atoms with Crippen molar-refractivity contribution in [2.45, 2.75) is 39.5 Å². The molecule has 0 saturated carbocycles. The van der Waals surface area contributed by atoms with Crippen LogP contribution in [0, 0.1) is 0 Å². The summed E-state index contributed by atoms with van der Waals surface area (Å²) in [7, 11) is 0. The van der Waals surface area contributed by atoms with E-state index in [1.54, 1.807) is 0 Å². The molecule has 0 fully saturated rings. The van der Waals surface area contributed by atoms with Gasteiger partial charge in [0.1, 0.15) is 11.0 Å². The lowest BCUT2D eigenvalue weighted by molar-refractivity contribution is 0.778. The van der Waals surface area contributed by atoms with Crippen molar-refractivity contribution in [3.05, 3.63) is 16.7 Å². The monoisotopic (exact) mass is 186 g/mol. The smallest absolute Gasteiger partial charge is 0.129 e. The Morgan fingerprint density at radius 3 is 2.67 bits per heavy atom. The maximum Gasteiger partial charge on any atom is 0.129 e. The quantitative estimate of drug-likeness (QED) is 0.770. The van der Waals surface area contributed by atoms with Crippen molar-refractivity contribution < 1.29 is 0 Å². The number of nitrogens with one attached hydrogen (secondary N) is 1. The lowest BCUT2D eigenvalue weighted by atomic mass is 10.2. The number of nitrogens with zero attached hydrogens (tertiary/aromatic N) is 1. The highest BCUT2D eigenvalue weighted by Crippen LogP contribution is 2.15. The van der Waals surface area contributed by atoms with Gasteiger partial charge in [0.25, 0.3) is 0 Å². The average Bonchev–Trinajstić information content (AvgIpc) is 2.43. The zero-order chi connectivity index (χ0) is 8.97. The molecule has 0 radical (unpaired) electrons. The van der Waals surface area contributed by atoms with Crippen LogP contribution < -0.4 is 0 Å². The van der Waals surface area contributed by atoms with Crippen LogP contribution >= 0.6 is 11.6 Å². The largest absolute Gasteiger partial charge is 0.333 e. The number of aromatic amines is 1. The average molecular weight is 187 g/mol. The fourth-order valence-corrected chi connectivity index (χ4v) is 1.36. The van der Waals surface area contributed by atoms with E-state index in [1.165, 1.54) is 6.42 Å². The van der Waals surface area contributed by atoms with Gasteiger partial charge >= 0.3 is 0 Å². The molecule has 1 heterocycles. The number of hydrogen-bond acceptors (Lipinski definition) is 1. The van der Waals surface area contributed by atoms with Crippen molar-refractivity contribution in [1.29, 1.82) is 0 Å². The van der Waals surface area contributed by atoms with Crippen LogP contribution in [0.15, 0.2) is 0 Å². The Balaban J connectivity index is 2.64. The molecular weight excluding hydrogens is 172 g/mol. The zero-order valence-electron chi connectivity index (χ0n) is 7.65. The van der Waals surface area contributed by atoms with E-state index in [-0.39, 0.29) is 0 Å². The molecule has 2 nitrogen and oxygen atoms in total. The van der Waals surface area contributed by atoms with Crippen LogP contribution in [0.2, 0.25) is 5.15 Å². The van der Waals surface area contributed by atoms with Gasteiger partial charge in [0.2, 0.25) is 0 Å². The van der Waals surface area contributed by atoms with E-state index in [1.807, 2.05) is 0 Å². The lowest BCUT2D eigenvalue weighted by Gasteiger charge is -1.92. The number of imidazole rings is 1. The third kappa shape index (κ3) is 2.24. The second kappa shape index (κ2) is 4.51. The van der Waals surface area contributed by atoms with Gasteiger partial charge in [-0.25, -0.2) is 4.98 Å². The maximum absolute atomic E-state index is 5.94. The normalized spacial score (nSPS) is 10.6. The molecule has 0 spiro atoms. The third-order valence-electron chi connectivity index (χ3n) is 1.88. The Kier molecular flexibility index (Phi) is 3.60. The van der Waals surface area contributed by atoms with Crippen LogP contribution in [0.3, 0.4) is 0 Å². The molecule has 0 aliphatic carbocycles. The summed E-state index contributed by atoms with van der Waals surface area (Å²) >= 11 is 5.94. The molecule has 0 unspecified atom stereocenters. The van der Waals surface area contributed by atoms with Crippen molar-refractivity contribution in [2.24, 2.45) is 0 Å². The van der Waals surface area contributed by atoms with Gasteiger partial charge in [0, 0.05) is 6.42 Å². The summed E-state index contributed by atoms with van der Waals surface area (Å²) in [5.41, 5.74) is 1.02. The minimum atomic E-state index is 0.723. The standard InChI is InChI=1S/C9H15ClN2/c1-3-5-6-7-9(10)12-8(4-2)11-7/h3-6H2,1-2H3,(H,11,12). The fraction of sp³-hybridized carbons (Fsp3) is 0.667. The summed E-state index contributed by atoms with van der Waals surface area (Å²) in [6.07, 6.45) is 4.26. The molecule has 0 aliphatic rings. The number of H-pyrrole nitrogens is 1. The van der Waals surface area contributed by atoms with E-state index in [4.69, 9.17) is 11.6 Å². The van der Waals surface area contributed by atoms with Gasteiger partial charge in [-0.1, -0.05) is 31.9 Å². The molecule has 68 valence electrons. The molecule has 0 aliphatic heterocycles. The number of rotatable bonds is 4. The lowest BCUT2D eigenvalue weighted by Crippen LogP contribution is -1.86. The van der Waals surface area contributed by atoms with E-state index >= 15 is 0 Å². The van der Waals surface area contributed by atoms with Crippen molar-refractivity contribution in [3.8, 4) is 0 Å². The summed E-state index contributed by atoms with van der Waals surface area (Å²) in [6, 6.07) is 0. The molecule has 0 atom stereocenters. The second-order valence-corrected chi connectivity index (χ2v) is 3.28. The summed E-state index contributed by atoms with van der Waals surface area (Å²) in [5, 5.41) is 0.723. The van der Waals surface area contributed by atoms with Crippen molar-refractivity contribution in [3.63, 3.8) is 0 Å². The number of halogens is 1. The Bertz CT molecular complexity index is 243. The Hall–Kier alpha value is -0.500. The molecule has 1 N–H and O–H groups in total. The Morgan fingerprint density at radius 2 is 2.17 bits per heavy atom. The summed E-state index contributed by atoms with van der Waals surface area (Å²) in [4.78, 5) is 7.44. The molecular formula is C9H15ClN2. The molecule has 3 heteroatoms. The van der Waals surface area contributed by atoms with Crippen LogP contribution in [-0.2, 0) is 12.8 Å². The van der Waals surface area contributed by atoms with Crippen molar-refractivity contribution in [2.75, 3.05) is 0 Å². The number of aryl methyl sites for hydroxylation is 2. The van der Waals surface area contributed by atoms with Gasteiger partial charge in [0.15, 0.2) is 0 Å². The van der Waals surface area contributed by atoms with Gasteiger partial charge < -0.3 is 4.98 Å². The van der Waals surface area contributed by atoms with Crippen LogP contribution in [0.1, 0.15) is 38.2 Å². The maximum atomic E-state index is 5.94. The van der Waals surface area contributed by atoms with Gasteiger partial charge in [-0.3, -0.25) is 0 Å². The first-order valence-corrected chi connectivity index (χ1v) is 4.89. The van der Waals surface area contributed by atoms with Gasteiger partial charge in [0.05, 0.1) is 5.69 Å². The highest BCUT2D eigenvalue weighted by atomic mass is 35.5. The molecule has 12 heavy (non-hydrogen) atoms. The van der Waals surface area contributed by atoms with E-state index in [0.717, 1.165) is 35.9 Å². The molecule has 0 amide bonds. The van der Waals surface area contributed by atoms with Crippen LogP contribution in [0.4, 0.5) is 0 Å². The topological polar surface area (TPSA) is 28.7 Å². The third-order valence-corrected chi connectivity index (χ3v) is 2.19. The van der Waals surface area contributed by atoms with Crippen molar-refractivity contribution in [1.82, 2.24) is 9.97 Å². The Morgan fingerprint density at radius 1 is 1.42 bits per heavy atom. The first-order chi connectivity index (χ1) is 5.77. The number of unbranched alkanes of at least 4 members (excludes halogenated alkanes) is 1. The highest BCUT2D eigenvalue weighted by Gasteiger charge is 2.05. The predicted molar refractivity (Wildman–Crippen MR) is 51.6 cm³/mol. The predicted octanol–water partition coefficient (Wildman–Crippen LogP) is 2.97. The molecule has 0 aromatic carbocycles. The number of aromatic nitrogens is 2. The molecule has 0 bridgehead atoms. The van der Waals surface area contributed by atoms with Gasteiger partial charge in [-0.2, -0.15) is 0 Å². The van der Waals surface area contributed by atoms with E-state index in [2.05, 4.69) is 23.8 Å². The molecule has 0 saturated heterocycles. The van der Waals surface area contributed by atoms with E-state index < -0.39 is 0 Å². The first-order valence-electron chi connectivity index (χ1n) is 4.51. The second-order valence-electron chi connectivity index (χ2n) is 2.90. The minimum Gasteiger partial charge on any atom is -0.333 e. The van der Waals surface area contributed by atoms with Crippen LogP contribution in [-0.4, -0.2) is 9.97 Å². The fourth-order valence-electron chi connectivity index (χ4n) is 1.12. The number of hydrogen-bond donors (Lipinski definition) is 1. The Labute approximate surface area is 78.4 Å². The van der Waals surface area contributed by atoms with E-state index in [9.17, 15) is 0 Å². The zero-order valence-corrected chi connectivity index (χ0v) is 8.41. The van der Waals surface area contributed by atoms with Crippen molar-refractivity contribution >= 4 is 11.6 Å². The SMILES string of the molecule is CCCCc1nc(CC)[nH]c1Cl. The van der Waals surface area contributed by atoms with Gasteiger partial charge in [-0.15, -0.1) is 0 Å². The van der Waals surface area contributed by atoms with E-state index in [0.29, 0.717) is 0 Å². The van der Waals surface area contributed by atoms with Gasteiger partial charge in [-0.05, 0) is 12.8 Å². The first kappa shape index (κ1) is 9.59. The summed E-state index contributed by atoms with van der Waals surface area (Å²) < 4.78 is 0. The summed E-state index contributed by atoms with van der Waals surface area (Å²) in [5.74, 6) is 0.992. The molecule has 1 rings (SSSR count). The van der Waals surface area contributed by atoms with Crippen LogP contribution in [0.5, 0.6) is 0 Å². The molecule has 1 aromatic rings. The van der Waals surface area contributed by atoms with Crippen LogP contribution in [0.25, 0.3) is 0 Å². The minimum absolute atomic E-state index is 0.723.